The van der Waals surface area contributed by atoms with Crippen LogP contribution in [0.2, 0.25) is 0 Å². The van der Waals surface area contributed by atoms with Gasteiger partial charge in [-0.25, -0.2) is 8.37 Å². The lowest BCUT2D eigenvalue weighted by Crippen LogP contribution is -2.36. The van der Waals surface area contributed by atoms with Crippen molar-refractivity contribution in [2.24, 2.45) is 0 Å². The van der Waals surface area contributed by atoms with Crippen molar-refractivity contribution in [2.45, 2.75) is 12.2 Å². The van der Waals surface area contributed by atoms with Gasteiger partial charge in [0.05, 0.1) is 54.2 Å². The molecule has 11 heteroatoms. The number of nitrogens with zero attached hydrogens (tertiary/aromatic N) is 1. The zero-order chi connectivity index (χ0) is 17.8. The lowest BCUT2D eigenvalue weighted by molar-refractivity contribution is -0.870. The highest BCUT2D eigenvalue weighted by molar-refractivity contribution is 7.81. The Labute approximate surface area is 131 Å². The Morgan fingerprint density at radius 1 is 0.909 bits per heavy atom. The molecular weight excluding hydrogens is 322 g/mol. The molecule has 0 aliphatic heterocycles. The molecule has 0 aromatic heterocycles. The second-order valence-corrected chi connectivity index (χ2v) is 6.68. The summed E-state index contributed by atoms with van der Waals surface area (Å²) in [6, 6.07) is 0. The summed E-state index contributed by atoms with van der Waals surface area (Å²) in [5.74, 6) is 0. The predicted molar refractivity (Wildman–Crippen MR) is 77.0 cm³/mol. The van der Waals surface area contributed by atoms with E-state index in [1.54, 1.807) is 0 Å². The van der Waals surface area contributed by atoms with Crippen LogP contribution >= 0.6 is 0 Å². The number of likely N-dealkylation sites (N-methyl/N-ethyl adjacent to an activating group) is 1. The van der Waals surface area contributed by atoms with E-state index < -0.39 is 49.0 Å². The molecule has 0 aromatic carbocycles. The van der Waals surface area contributed by atoms with Crippen LogP contribution in [-0.4, -0.2) is 111 Å². The van der Waals surface area contributed by atoms with Crippen molar-refractivity contribution in [3.8, 4) is 0 Å². The SMILES string of the molecule is C[N+](C)(C)CCO.O=S(=O)(OCC(O)CO)OCC(O)CO. The van der Waals surface area contributed by atoms with Crippen molar-refractivity contribution < 1.29 is 46.8 Å². The molecule has 0 aliphatic carbocycles. The lowest BCUT2D eigenvalue weighted by Gasteiger charge is -2.21. The molecule has 0 spiro atoms. The highest BCUT2D eigenvalue weighted by Gasteiger charge is 2.16. The number of hydrogen-bond donors (Lipinski definition) is 5. The van der Waals surface area contributed by atoms with Gasteiger partial charge in [0.15, 0.2) is 0 Å². The highest BCUT2D eigenvalue weighted by Crippen LogP contribution is 1.99. The molecule has 0 aliphatic rings. The van der Waals surface area contributed by atoms with Gasteiger partial charge in [-0.3, -0.25) is 0 Å². The van der Waals surface area contributed by atoms with E-state index in [-0.39, 0.29) is 6.61 Å². The van der Waals surface area contributed by atoms with E-state index in [9.17, 15) is 8.42 Å². The fourth-order valence-corrected chi connectivity index (χ4v) is 1.48. The summed E-state index contributed by atoms with van der Waals surface area (Å²) in [5.41, 5.74) is 0. The van der Waals surface area contributed by atoms with Gasteiger partial charge in [0.1, 0.15) is 18.8 Å². The zero-order valence-electron chi connectivity index (χ0n) is 13.1. The highest BCUT2D eigenvalue weighted by atomic mass is 32.3. The quantitative estimate of drug-likeness (QED) is 0.254. The van der Waals surface area contributed by atoms with Crippen LogP contribution in [0.4, 0.5) is 0 Å². The predicted octanol–water partition coefficient (Wildman–Crippen LogP) is -3.34. The Morgan fingerprint density at radius 3 is 1.45 bits per heavy atom. The zero-order valence-corrected chi connectivity index (χ0v) is 13.9. The van der Waals surface area contributed by atoms with Crippen molar-refractivity contribution in [3.63, 3.8) is 0 Å². The minimum absolute atomic E-state index is 0.281. The third kappa shape index (κ3) is 17.7. The molecule has 0 rings (SSSR count). The third-order valence-electron chi connectivity index (χ3n) is 2.00. The molecule has 136 valence electrons. The van der Waals surface area contributed by atoms with Crippen LogP contribution in [0.25, 0.3) is 0 Å². The van der Waals surface area contributed by atoms with Crippen LogP contribution < -0.4 is 0 Å². The van der Waals surface area contributed by atoms with Crippen molar-refractivity contribution >= 4 is 10.4 Å². The van der Waals surface area contributed by atoms with Crippen LogP contribution in [0.3, 0.4) is 0 Å². The molecule has 0 saturated heterocycles. The molecule has 0 radical (unpaired) electrons. The minimum atomic E-state index is -4.33. The molecule has 2 atom stereocenters. The second-order valence-electron chi connectivity index (χ2n) is 5.39. The summed E-state index contributed by atoms with van der Waals surface area (Å²) in [4.78, 5) is 0. The maximum atomic E-state index is 10.8. The number of rotatable bonds is 10. The largest absolute Gasteiger partial charge is 0.400 e. The second kappa shape index (κ2) is 12.1. The van der Waals surface area contributed by atoms with Gasteiger partial charge >= 0.3 is 10.4 Å². The fourth-order valence-electron chi connectivity index (χ4n) is 0.763. The van der Waals surface area contributed by atoms with Gasteiger partial charge in [-0.15, -0.1) is 0 Å². The van der Waals surface area contributed by atoms with Crippen LogP contribution in [0.5, 0.6) is 0 Å². The molecule has 0 amide bonds. The molecule has 0 heterocycles. The summed E-state index contributed by atoms with van der Waals surface area (Å²) < 4.78 is 30.8. The third-order valence-corrected chi connectivity index (χ3v) is 2.85. The first kappa shape index (κ1) is 23.9. The van der Waals surface area contributed by atoms with Gasteiger partial charge in [0, 0.05) is 0 Å². The molecule has 2 unspecified atom stereocenters. The molecule has 0 saturated carbocycles. The van der Waals surface area contributed by atoms with E-state index in [4.69, 9.17) is 25.5 Å². The fraction of sp³-hybridized carbons (Fsp3) is 1.00. The van der Waals surface area contributed by atoms with E-state index in [1.807, 2.05) is 0 Å². The summed E-state index contributed by atoms with van der Waals surface area (Å²) in [6.07, 6.45) is -2.66. The van der Waals surface area contributed by atoms with Gasteiger partial charge in [-0.1, -0.05) is 0 Å². The average Bonchev–Trinajstić information content (AvgIpc) is 2.41. The van der Waals surface area contributed by atoms with Gasteiger partial charge in [0.2, 0.25) is 0 Å². The Balaban J connectivity index is 0. The van der Waals surface area contributed by atoms with Gasteiger partial charge in [-0.05, 0) is 0 Å². The van der Waals surface area contributed by atoms with Crippen LogP contribution in [-0.2, 0) is 18.8 Å². The summed E-state index contributed by atoms with van der Waals surface area (Å²) >= 11 is 0. The lowest BCUT2D eigenvalue weighted by atomic mass is 10.4. The molecule has 10 nitrogen and oxygen atoms in total. The van der Waals surface area contributed by atoms with E-state index in [0.29, 0.717) is 0 Å². The van der Waals surface area contributed by atoms with Gasteiger partial charge < -0.3 is 30.0 Å². The van der Waals surface area contributed by atoms with Crippen LogP contribution in [0.15, 0.2) is 0 Å². The molecule has 0 aromatic rings. The molecule has 5 N–H and O–H groups in total. The number of quaternary nitrogens is 1. The summed E-state index contributed by atoms with van der Waals surface area (Å²) in [6.45, 7) is -1.46. The Bertz CT molecular complexity index is 335. The van der Waals surface area contributed by atoms with Crippen molar-refractivity contribution in [1.29, 1.82) is 0 Å². The molecule has 22 heavy (non-hydrogen) atoms. The maximum Gasteiger partial charge on any atom is 0.400 e. The van der Waals surface area contributed by atoms with E-state index in [0.717, 1.165) is 11.0 Å². The first-order valence-electron chi connectivity index (χ1n) is 6.50. The normalized spacial score (nSPS) is 14.9. The first-order valence-corrected chi connectivity index (χ1v) is 7.83. The Hall–Kier alpha value is -0.370. The number of aliphatic hydroxyl groups excluding tert-OH is 5. The van der Waals surface area contributed by atoms with Gasteiger partial charge in [0.25, 0.3) is 0 Å². The minimum Gasteiger partial charge on any atom is -0.394 e. The average molecular weight is 350 g/mol. The molecular formula is C11H28NO9S+. The smallest absolute Gasteiger partial charge is 0.394 e. The van der Waals surface area contributed by atoms with Crippen molar-refractivity contribution in [2.75, 3.05) is 60.7 Å². The molecule has 0 bridgehead atoms. The maximum absolute atomic E-state index is 10.8. The van der Waals surface area contributed by atoms with Crippen molar-refractivity contribution in [3.05, 3.63) is 0 Å². The monoisotopic (exact) mass is 350 g/mol. The topological polar surface area (TPSA) is 154 Å². The van der Waals surface area contributed by atoms with E-state index in [2.05, 4.69) is 29.5 Å². The summed E-state index contributed by atoms with van der Waals surface area (Å²) in [7, 11) is 1.82. The van der Waals surface area contributed by atoms with E-state index in [1.165, 1.54) is 0 Å². The summed E-state index contributed by atoms with van der Waals surface area (Å²) in [5, 5.41) is 42.6. The Morgan fingerprint density at radius 2 is 1.27 bits per heavy atom. The van der Waals surface area contributed by atoms with Crippen molar-refractivity contribution in [1.82, 2.24) is 0 Å². The van der Waals surface area contributed by atoms with Gasteiger partial charge in [-0.2, -0.15) is 8.42 Å². The number of hydrogen-bond acceptors (Lipinski definition) is 9. The van der Waals surface area contributed by atoms with E-state index >= 15 is 0 Å². The number of aliphatic hydroxyl groups is 5. The first-order chi connectivity index (χ1) is 9.97. The van der Waals surface area contributed by atoms with Crippen LogP contribution in [0, 0.1) is 0 Å². The van der Waals surface area contributed by atoms with Crippen LogP contribution in [0.1, 0.15) is 0 Å². The molecule has 0 fully saturated rings. The standard InChI is InChI=1S/C6H14O8S.C5H14NO/c7-1-5(9)3-13-15(11,12)14-4-6(10)2-8;1-6(2,3)4-5-7/h5-10H,1-4H2;7H,4-5H2,1-3H3/q;+1. The Kier molecular flexibility index (Phi) is 13.1.